The molecular formula is C55H94BrNO4. The van der Waals surface area contributed by atoms with Gasteiger partial charge in [0.15, 0.2) is 0 Å². The fourth-order valence-corrected chi connectivity index (χ4v) is 17.5. The molecule has 5 nitrogen and oxygen atoms in total. The van der Waals surface area contributed by atoms with Crippen LogP contribution in [0.2, 0.25) is 0 Å². The molecule has 0 amide bonds. The molecule has 0 radical (unpaired) electrons. The maximum atomic E-state index is 11.5. The highest BCUT2D eigenvalue weighted by molar-refractivity contribution is 9.09. The number of carbonyl (C=O) groups excluding carboxylic acids is 1. The third-order valence-electron chi connectivity index (χ3n) is 22.0. The molecule has 0 unspecified atom stereocenters. The molecule has 15 atom stereocenters. The van der Waals surface area contributed by atoms with Crippen molar-refractivity contribution in [1.29, 1.82) is 0 Å². The molecular weight excluding hydrogens is 819 g/mol. The predicted molar refractivity (Wildman–Crippen MR) is 256 cm³/mol. The van der Waals surface area contributed by atoms with Crippen molar-refractivity contribution < 1.29 is 19.7 Å². The van der Waals surface area contributed by atoms with Crippen LogP contribution in [0.25, 0.3) is 4.85 Å². The number of alkyl halides is 1. The van der Waals surface area contributed by atoms with E-state index in [-0.39, 0.29) is 5.97 Å². The Balaban J connectivity index is 0.000000128. The van der Waals surface area contributed by atoms with E-state index < -0.39 is 0 Å². The number of esters is 1. The molecule has 15 rings (SSSR count). The van der Waals surface area contributed by atoms with E-state index in [4.69, 9.17) is 21.5 Å². The van der Waals surface area contributed by atoms with Crippen LogP contribution in [0.1, 0.15) is 185 Å². The van der Waals surface area contributed by atoms with Gasteiger partial charge in [-0.3, -0.25) is 4.79 Å². The summed E-state index contributed by atoms with van der Waals surface area (Å²) in [5.41, 5.74) is 2.86. The van der Waals surface area contributed by atoms with E-state index in [0.717, 1.165) is 89.9 Å². The molecule has 0 aromatic heterocycles. The summed E-state index contributed by atoms with van der Waals surface area (Å²) in [6.45, 7) is 34.9. The lowest BCUT2D eigenvalue weighted by Gasteiger charge is -2.60. The summed E-state index contributed by atoms with van der Waals surface area (Å²) < 4.78 is 5.04. The molecule has 10 bridgehead atoms. The van der Waals surface area contributed by atoms with Crippen LogP contribution in [-0.2, 0) is 9.53 Å². The fraction of sp³-hybridized carbons (Fsp3) is 0.964. The smallest absolute Gasteiger partial charge is 0.306 e. The quantitative estimate of drug-likeness (QED) is 0.145. The lowest BCUT2D eigenvalue weighted by molar-refractivity contribution is -0.152. The first kappa shape index (κ1) is 49.8. The number of rotatable bonds is 8. The van der Waals surface area contributed by atoms with Crippen molar-refractivity contribution in [2.75, 3.05) is 31.7 Å². The molecule has 0 saturated heterocycles. The van der Waals surface area contributed by atoms with Gasteiger partial charge < -0.3 is 19.8 Å². The zero-order valence-corrected chi connectivity index (χ0v) is 42.8. The average molecular weight is 913 g/mol. The summed E-state index contributed by atoms with van der Waals surface area (Å²) in [4.78, 5) is 15.0. The molecule has 15 saturated carbocycles. The van der Waals surface area contributed by atoms with Gasteiger partial charge in [0.25, 0.3) is 0 Å². The van der Waals surface area contributed by atoms with E-state index in [1.165, 1.54) is 102 Å². The second kappa shape index (κ2) is 19.7. The number of aliphatic hydroxyl groups excluding tert-OH is 2. The molecule has 350 valence electrons. The highest BCUT2D eigenvalue weighted by Gasteiger charge is 2.57. The maximum absolute atomic E-state index is 11.5. The van der Waals surface area contributed by atoms with Crippen LogP contribution in [0.4, 0.5) is 0 Å². The Bertz CT molecular complexity index is 1440. The number of hydrogen-bond acceptors (Lipinski definition) is 4. The van der Waals surface area contributed by atoms with Crippen LogP contribution in [0, 0.1) is 122 Å². The van der Waals surface area contributed by atoms with Crippen molar-refractivity contribution in [3.8, 4) is 0 Å². The molecule has 2 N–H and O–H groups in total. The van der Waals surface area contributed by atoms with Gasteiger partial charge in [0.05, 0.1) is 6.61 Å². The summed E-state index contributed by atoms with van der Waals surface area (Å²) in [5.74, 6) is 13.1. The van der Waals surface area contributed by atoms with Crippen LogP contribution in [0.5, 0.6) is 0 Å². The van der Waals surface area contributed by atoms with Gasteiger partial charge >= 0.3 is 5.97 Å². The predicted octanol–water partition coefficient (Wildman–Crippen LogP) is 13.9. The normalized spacial score (nSPS) is 42.9. The van der Waals surface area contributed by atoms with E-state index >= 15 is 0 Å². The van der Waals surface area contributed by atoms with Crippen molar-refractivity contribution in [2.45, 2.75) is 185 Å². The van der Waals surface area contributed by atoms with E-state index in [9.17, 15) is 4.79 Å². The van der Waals surface area contributed by atoms with Gasteiger partial charge in [0, 0.05) is 30.9 Å². The van der Waals surface area contributed by atoms with Crippen LogP contribution in [0.15, 0.2) is 0 Å². The van der Waals surface area contributed by atoms with Crippen molar-refractivity contribution in [1.82, 2.24) is 0 Å². The Morgan fingerprint density at radius 2 is 0.902 bits per heavy atom. The van der Waals surface area contributed by atoms with E-state index in [1.54, 1.807) is 0 Å². The molecule has 15 fully saturated rings. The standard InChI is InChI=1S/C13H22O2.C11H17N.C11H20O.C10H17Br.C10H18O/c1-4-15-12(14)7-9-5-6-10-8-11(9)13(10,2)3;1-11(2)9-5-4-8(7-12-3)10(11)6-9;1-11(2)9-4-3-8(5-6-12)10(11)7-9;2*1-10(2)8-4-3-7(6-11)9(10)5-8/h9-11H,4-8H2,1-3H3;8-10H,4-7H2,1-2H3;8-10,12H,3-7H2,1-2H3;7-9H,3-6H2,1-2H3;7-9,11H,3-6H2,1-2H3/t9-,10+,11+;2*8-,9+,10+;2*7-,8+,9+/m11111/s1. The lowest BCUT2D eigenvalue weighted by Crippen LogP contribution is -2.53. The molecule has 0 aromatic rings. The first-order valence-electron chi connectivity index (χ1n) is 26.0. The Morgan fingerprint density at radius 1 is 0.557 bits per heavy atom. The lowest BCUT2D eigenvalue weighted by atomic mass is 9.45. The summed E-state index contributed by atoms with van der Waals surface area (Å²) in [5, 5.41) is 19.3. The van der Waals surface area contributed by atoms with Crippen molar-refractivity contribution >= 4 is 21.9 Å². The van der Waals surface area contributed by atoms with Gasteiger partial charge in [-0.15, -0.1) is 0 Å². The minimum atomic E-state index is 0.00338. The number of aliphatic hydroxyl groups is 2. The molecule has 0 spiro atoms. The fourth-order valence-electron chi connectivity index (χ4n) is 16.7. The molecule has 15 aliphatic carbocycles. The number of ether oxygens (including phenoxy) is 1. The van der Waals surface area contributed by atoms with Gasteiger partial charge in [0.2, 0.25) is 6.54 Å². The molecule has 15 aliphatic rings. The number of halogens is 1. The van der Waals surface area contributed by atoms with Crippen molar-refractivity contribution in [3.05, 3.63) is 11.4 Å². The number of carbonyl (C=O) groups is 1. The monoisotopic (exact) mass is 912 g/mol. The van der Waals surface area contributed by atoms with Gasteiger partial charge in [-0.25, -0.2) is 6.57 Å². The van der Waals surface area contributed by atoms with E-state index in [2.05, 4.69) is 90.0 Å². The zero-order chi connectivity index (χ0) is 44.7. The van der Waals surface area contributed by atoms with Gasteiger partial charge in [-0.05, 0) is 220 Å². The summed E-state index contributed by atoms with van der Waals surface area (Å²) in [7, 11) is 0. The minimum absolute atomic E-state index is 0.00338. The Hall–Kier alpha value is -0.640. The van der Waals surface area contributed by atoms with Crippen LogP contribution >= 0.6 is 15.9 Å². The Morgan fingerprint density at radius 3 is 1.23 bits per heavy atom. The Kier molecular flexibility index (Phi) is 16.1. The molecule has 0 heterocycles. The summed E-state index contributed by atoms with van der Waals surface area (Å²) in [6, 6.07) is 0. The van der Waals surface area contributed by atoms with Crippen LogP contribution < -0.4 is 0 Å². The van der Waals surface area contributed by atoms with Gasteiger partial charge in [-0.2, -0.15) is 0 Å². The summed E-state index contributed by atoms with van der Waals surface area (Å²) >= 11 is 3.63. The molecule has 0 aliphatic heterocycles. The van der Waals surface area contributed by atoms with E-state index in [1.807, 2.05) is 6.92 Å². The minimum Gasteiger partial charge on any atom is -0.466 e. The third kappa shape index (κ3) is 9.77. The number of hydrogen-bond donors (Lipinski definition) is 2. The maximum Gasteiger partial charge on any atom is 0.306 e. The third-order valence-corrected chi connectivity index (χ3v) is 22.8. The highest BCUT2D eigenvalue weighted by Crippen LogP contribution is 2.65. The van der Waals surface area contributed by atoms with Crippen LogP contribution in [-0.4, -0.2) is 47.9 Å². The van der Waals surface area contributed by atoms with Crippen LogP contribution in [0.3, 0.4) is 0 Å². The second-order valence-corrected chi connectivity index (χ2v) is 26.3. The number of nitrogens with zero attached hydrogens (tertiary/aromatic N) is 1. The van der Waals surface area contributed by atoms with Gasteiger partial charge in [-0.1, -0.05) is 85.2 Å². The highest BCUT2D eigenvalue weighted by atomic mass is 79.9. The van der Waals surface area contributed by atoms with Gasteiger partial charge in [0.1, 0.15) is 0 Å². The molecule has 61 heavy (non-hydrogen) atoms. The second-order valence-electron chi connectivity index (χ2n) is 25.7. The molecule has 0 aromatic carbocycles. The zero-order valence-electron chi connectivity index (χ0n) is 41.3. The summed E-state index contributed by atoms with van der Waals surface area (Å²) in [6.07, 6.45) is 22.4. The molecule has 6 heteroatoms. The first-order valence-corrected chi connectivity index (χ1v) is 27.1. The van der Waals surface area contributed by atoms with Crippen molar-refractivity contribution in [3.63, 3.8) is 0 Å². The first-order chi connectivity index (χ1) is 28.7. The largest absolute Gasteiger partial charge is 0.466 e. The topological polar surface area (TPSA) is 71.1 Å². The SMILES string of the molecule is CC1(C)[C@H]2CC[C@H](CBr)[C@@H]1C2.CC1(C)[C@H]2CC[C@H](CCO)[C@@H]1C2.CC1(C)[C@H]2CC[C@H](CO)[C@@H]1C2.CCOC(=O)C[C@H]1CC[C@H]2C[C@@H]1C2(C)C.[C-]#[N+]C[C@H]1CC[C@H]2C[C@@H]1C2(C)C. The Labute approximate surface area is 384 Å². The number of fused-ring (bicyclic) bond motifs is 10. The van der Waals surface area contributed by atoms with Crippen molar-refractivity contribution in [2.24, 2.45) is 116 Å². The average Bonchev–Trinajstić information content (AvgIpc) is 3.24. The van der Waals surface area contributed by atoms with E-state index in [0.29, 0.717) is 65.2 Å².